The van der Waals surface area contributed by atoms with Crippen molar-refractivity contribution < 1.29 is 0 Å². The Balaban J connectivity index is 2.06. The van der Waals surface area contributed by atoms with Gasteiger partial charge in [0.1, 0.15) is 5.00 Å². The van der Waals surface area contributed by atoms with Crippen LogP contribution in [0, 0.1) is 0 Å². The van der Waals surface area contributed by atoms with Crippen LogP contribution < -0.4 is 10.6 Å². The predicted octanol–water partition coefficient (Wildman–Crippen LogP) is 1.93. The third-order valence-corrected chi connectivity index (χ3v) is 5.01. The minimum atomic E-state index is 0.805. The smallest absolute Gasteiger partial charge is 0.187 e. The summed E-state index contributed by atoms with van der Waals surface area (Å²) < 4.78 is 0. The van der Waals surface area contributed by atoms with E-state index in [9.17, 15) is 0 Å². The number of hydrogen-bond acceptors (Lipinski definition) is 6. The van der Waals surface area contributed by atoms with E-state index in [1.54, 1.807) is 17.5 Å². The van der Waals surface area contributed by atoms with E-state index in [-0.39, 0.29) is 0 Å². The lowest BCUT2D eigenvalue weighted by Crippen LogP contribution is -2.26. The van der Waals surface area contributed by atoms with Crippen molar-refractivity contribution in [2.24, 2.45) is 0 Å². The summed E-state index contributed by atoms with van der Waals surface area (Å²) in [6, 6.07) is 0. The standard InChI is InChI=1S/C7H11N3S3/c8-6-5-9-7(13-6)10-1-3-11-12-4-2-10/h5H,1-4,8H2. The molecule has 1 saturated heterocycles. The summed E-state index contributed by atoms with van der Waals surface area (Å²) in [6.07, 6.45) is 1.74. The number of rotatable bonds is 1. The molecule has 0 unspecified atom stereocenters. The number of nitrogens with zero attached hydrogens (tertiary/aromatic N) is 2. The lowest BCUT2D eigenvalue weighted by atomic mass is 10.5. The topological polar surface area (TPSA) is 42.1 Å². The van der Waals surface area contributed by atoms with Crippen molar-refractivity contribution in [3.63, 3.8) is 0 Å². The van der Waals surface area contributed by atoms with E-state index < -0.39 is 0 Å². The Morgan fingerprint density at radius 1 is 1.31 bits per heavy atom. The van der Waals surface area contributed by atoms with Crippen molar-refractivity contribution in [2.45, 2.75) is 0 Å². The lowest BCUT2D eigenvalue weighted by Gasteiger charge is -2.17. The number of nitrogen functional groups attached to an aromatic ring is 1. The zero-order valence-corrected chi connectivity index (χ0v) is 9.55. The van der Waals surface area contributed by atoms with Crippen LogP contribution in [0.3, 0.4) is 0 Å². The summed E-state index contributed by atoms with van der Waals surface area (Å²) in [6.45, 7) is 2.18. The molecule has 0 radical (unpaired) electrons. The van der Waals surface area contributed by atoms with Crippen LogP contribution in [0.25, 0.3) is 0 Å². The molecule has 1 fully saturated rings. The van der Waals surface area contributed by atoms with Crippen LogP contribution in [0.4, 0.5) is 10.1 Å². The molecule has 1 aromatic heterocycles. The first-order chi connectivity index (χ1) is 6.36. The van der Waals surface area contributed by atoms with Crippen molar-refractivity contribution in [1.29, 1.82) is 0 Å². The van der Waals surface area contributed by atoms with Crippen molar-refractivity contribution in [2.75, 3.05) is 35.2 Å². The van der Waals surface area contributed by atoms with Gasteiger partial charge in [0.25, 0.3) is 0 Å². The fourth-order valence-corrected chi connectivity index (χ4v) is 3.85. The zero-order valence-electron chi connectivity index (χ0n) is 7.10. The first-order valence-electron chi connectivity index (χ1n) is 4.07. The second-order valence-electron chi connectivity index (χ2n) is 2.68. The van der Waals surface area contributed by atoms with Crippen LogP contribution >= 0.6 is 32.9 Å². The second kappa shape index (κ2) is 4.43. The highest BCUT2D eigenvalue weighted by molar-refractivity contribution is 8.76. The van der Waals surface area contributed by atoms with Crippen LogP contribution in [0.1, 0.15) is 0 Å². The Morgan fingerprint density at radius 2 is 2.00 bits per heavy atom. The molecule has 0 aliphatic carbocycles. The average Bonchev–Trinajstić information content (AvgIpc) is 2.43. The molecular formula is C7H11N3S3. The van der Waals surface area contributed by atoms with Crippen LogP contribution in [0.2, 0.25) is 0 Å². The van der Waals surface area contributed by atoms with Crippen LogP contribution in [-0.2, 0) is 0 Å². The first kappa shape index (κ1) is 9.48. The van der Waals surface area contributed by atoms with E-state index in [1.165, 1.54) is 11.5 Å². The van der Waals surface area contributed by atoms with Gasteiger partial charge in [-0.2, -0.15) is 0 Å². The molecule has 1 aliphatic rings. The van der Waals surface area contributed by atoms with E-state index in [1.807, 2.05) is 21.6 Å². The molecule has 2 heterocycles. The van der Waals surface area contributed by atoms with Gasteiger partial charge in [0.2, 0.25) is 0 Å². The monoisotopic (exact) mass is 233 g/mol. The van der Waals surface area contributed by atoms with Crippen molar-refractivity contribution in [3.05, 3.63) is 6.20 Å². The van der Waals surface area contributed by atoms with Crippen molar-refractivity contribution in [3.8, 4) is 0 Å². The molecule has 13 heavy (non-hydrogen) atoms. The highest BCUT2D eigenvalue weighted by Crippen LogP contribution is 2.29. The summed E-state index contributed by atoms with van der Waals surface area (Å²) in [5.74, 6) is 2.34. The van der Waals surface area contributed by atoms with Gasteiger partial charge in [0.05, 0.1) is 6.20 Å². The third kappa shape index (κ3) is 2.45. The van der Waals surface area contributed by atoms with Gasteiger partial charge in [0.15, 0.2) is 5.13 Å². The maximum Gasteiger partial charge on any atom is 0.187 e. The minimum Gasteiger partial charge on any atom is -0.389 e. The van der Waals surface area contributed by atoms with Gasteiger partial charge in [-0.3, -0.25) is 0 Å². The number of aromatic nitrogens is 1. The Hall–Kier alpha value is -0.0700. The zero-order chi connectivity index (χ0) is 9.10. The van der Waals surface area contributed by atoms with E-state index in [0.717, 1.165) is 23.2 Å². The van der Waals surface area contributed by atoms with E-state index in [2.05, 4.69) is 9.88 Å². The summed E-state index contributed by atoms with van der Waals surface area (Å²) in [5, 5.41) is 1.88. The fraction of sp³-hybridized carbons (Fsp3) is 0.571. The molecule has 1 aromatic rings. The molecule has 1 aliphatic heterocycles. The molecule has 2 N–H and O–H groups in total. The Labute approximate surface area is 89.5 Å². The second-order valence-corrected chi connectivity index (χ2v) is 6.42. The van der Waals surface area contributed by atoms with Crippen LogP contribution in [-0.4, -0.2) is 29.6 Å². The summed E-state index contributed by atoms with van der Waals surface area (Å²) in [7, 11) is 3.88. The Morgan fingerprint density at radius 3 is 2.54 bits per heavy atom. The molecule has 0 amide bonds. The molecule has 0 bridgehead atoms. The van der Waals surface area contributed by atoms with Crippen LogP contribution in [0.5, 0.6) is 0 Å². The number of nitrogens with two attached hydrogens (primary N) is 1. The molecule has 6 heteroatoms. The third-order valence-electron chi connectivity index (χ3n) is 1.75. The van der Waals surface area contributed by atoms with Gasteiger partial charge in [-0.1, -0.05) is 32.9 Å². The predicted molar refractivity (Wildman–Crippen MR) is 63.7 cm³/mol. The van der Waals surface area contributed by atoms with Gasteiger partial charge in [0, 0.05) is 24.6 Å². The Bertz CT molecular complexity index is 268. The Kier molecular flexibility index (Phi) is 3.23. The highest BCUT2D eigenvalue weighted by atomic mass is 33.1. The summed E-state index contributed by atoms with van der Waals surface area (Å²) in [4.78, 5) is 6.60. The first-order valence-corrected chi connectivity index (χ1v) is 7.37. The number of thiazole rings is 1. The van der Waals surface area contributed by atoms with Gasteiger partial charge < -0.3 is 10.6 Å². The normalized spacial score (nSPS) is 18.6. The lowest BCUT2D eigenvalue weighted by molar-refractivity contribution is 0.877. The van der Waals surface area contributed by atoms with Gasteiger partial charge in [-0.15, -0.1) is 0 Å². The summed E-state index contributed by atoms with van der Waals surface area (Å²) in [5.41, 5.74) is 5.64. The molecule has 0 saturated carbocycles. The SMILES string of the molecule is Nc1cnc(N2CCSSCC2)s1. The maximum absolute atomic E-state index is 5.64. The average molecular weight is 233 g/mol. The summed E-state index contributed by atoms with van der Waals surface area (Å²) >= 11 is 1.58. The van der Waals surface area contributed by atoms with Gasteiger partial charge in [-0.05, 0) is 0 Å². The number of anilines is 2. The van der Waals surface area contributed by atoms with Crippen molar-refractivity contribution in [1.82, 2.24) is 4.98 Å². The molecule has 0 spiro atoms. The molecule has 72 valence electrons. The minimum absolute atomic E-state index is 0.805. The molecule has 2 rings (SSSR count). The van der Waals surface area contributed by atoms with Gasteiger partial charge in [-0.25, -0.2) is 4.98 Å². The largest absolute Gasteiger partial charge is 0.389 e. The fourth-order valence-electron chi connectivity index (χ4n) is 1.14. The molecular weight excluding hydrogens is 222 g/mol. The number of hydrogen-bond donors (Lipinski definition) is 1. The van der Waals surface area contributed by atoms with Gasteiger partial charge >= 0.3 is 0 Å². The van der Waals surface area contributed by atoms with E-state index >= 15 is 0 Å². The maximum atomic E-state index is 5.64. The van der Waals surface area contributed by atoms with E-state index in [4.69, 9.17) is 5.73 Å². The van der Waals surface area contributed by atoms with E-state index in [0.29, 0.717) is 0 Å². The molecule has 0 atom stereocenters. The van der Waals surface area contributed by atoms with Crippen molar-refractivity contribution >= 4 is 43.1 Å². The quantitative estimate of drug-likeness (QED) is 0.751. The highest BCUT2D eigenvalue weighted by Gasteiger charge is 2.12. The molecule has 0 aromatic carbocycles. The van der Waals surface area contributed by atoms with Crippen LogP contribution in [0.15, 0.2) is 6.20 Å². The molecule has 3 nitrogen and oxygen atoms in total.